The van der Waals surface area contributed by atoms with Crippen LogP contribution in [0.2, 0.25) is 0 Å². The van der Waals surface area contributed by atoms with Crippen molar-refractivity contribution in [2.24, 2.45) is 0 Å². The fourth-order valence-corrected chi connectivity index (χ4v) is 2.08. The highest BCUT2D eigenvalue weighted by Crippen LogP contribution is 2.25. The predicted octanol–water partition coefficient (Wildman–Crippen LogP) is 3.63. The molecule has 1 N–H and O–H groups in total. The zero-order chi connectivity index (χ0) is 10.6. The van der Waals surface area contributed by atoms with E-state index in [1.807, 2.05) is 38.1 Å². The molecule has 14 heavy (non-hydrogen) atoms. The Balaban J connectivity index is 0.000000461. The summed E-state index contributed by atoms with van der Waals surface area (Å²) in [5, 5.41) is 11.3. The Labute approximate surface area is 86.8 Å². The maximum atomic E-state index is 10.7. The number of carbonyl (C=O) groups is 1. The summed E-state index contributed by atoms with van der Waals surface area (Å²) in [5.74, 6) is -0.854. The zero-order valence-corrected chi connectivity index (χ0v) is 8.97. The molecule has 2 nitrogen and oxygen atoms in total. The van der Waals surface area contributed by atoms with Gasteiger partial charge in [0.25, 0.3) is 0 Å². The largest absolute Gasteiger partial charge is 0.478 e. The molecule has 1 heterocycles. The van der Waals surface area contributed by atoms with E-state index in [4.69, 9.17) is 5.11 Å². The standard InChI is InChI=1S/C9H6O2S.C2H6/c10-9(11)7-5-12-8-4-2-1-3-6(7)8;1-2/h1-5H,(H,10,11);1-2H3. The van der Waals surface area contributed by atoms with Gasteiger partial charge in [-0.3, -0.25) is 0 Å². The predicted molar refractivity (Wildman–Crippen MR) is 60.1 cm³/mol. The van der Waals surface area contributed by atoms with Gasteiger partial charge in [0.2, 0.25) is 0 Å². The van der Waals surface area contributed by atoms with Crippen LogP contribution in [-0.4, -0.2) is 11.1 Å². The van der Waals surface area contributed by atoms with Gasteiger partial charge in [0.1, 0.15) is 0 Å². The zero-order valence-electron chi connectivity index (χ0n) is 8.15. The van der Waals surface area contributed by atoms with Gasteiger partial charge in [0.15, 0.2) is 0 Å². The number of rotatable bonds is 1. The minimum absolute atomic E-state index is 0.399. The molecule has 0 saturated heterocycles. The lowest BCUT2D eigenvalue weighted by molar-refractivity contribution is 0.0699. The Hall–Kier alpha value is -1.35. The first-order valence-corrected chi connectivity index (χ1v) is 5.36. The summed E-state index contributed by atoms with van der Waals surface area (Å²) in [4.78, 5) is 10.7. The number of hydrogen-bond donors (Lipinski definition) is 1. The first-order chi connectivity index (χ1) is 6.79. The highest BCUT2D eigenvalue weighted by Gasteiger charge is 2.08. The van der Waals surface area contributed by atoms with Crippen molar-refractivity contribution in [3.63, 3.8) is 0 Å². The van der Waals surface area contributed by atoms with Crippen molar-refractivity contribution >= 4 is 27.4 Å². The summed E-state index contributed by atoms with van der Waals surface area (Å²) in [6.07, 6.45) is 0. The van der Waals surface area contributed by atoms with Gasteiger partial charge in [0, 0.05) is 15.5 Å². The van der Waals surface area contributed by atoms with Gasteiger partial charge in [-0.15, -0.1) is 11.3 Å². The molecule has 3 heteroatoms. The SMILES string of the molecule is CC.O=C(O)c1csc2ccccc12. The van der Waals surface area contributed by atoms with E-state index in [0.29, 0.717) is 5.56 Å². The van der Waals surface area contributed by atoms with Gasteiger partial charge in [-0.25, -0.2) is 4.79 Å². The van der Waals surface area contributed by atoms with Crippen LogP contribution < -0.4 is 0 Å². The monoisotopic (exact) mass is 208 g/mol. The average molecular weight is 208 g/mol. The minimum Gasteiger partial charge on any atom is -0.478 e. The van der Waals surface area contributed by atoms with Crippen LogP contribution in [-0.2, 0) is 0 Å². The highest BCUT2D eigenvalue weighted by atomic mass is 32.1. The fourth-order valence-electron chi connectivity index (χ4n) is 1.14. The molecule has 1 aromatic carbocycles. The molecule has 2 aromatic rings. The first-order valence-electron chi connectivity index (χ1n) is 4.48. The Kier molecular flexibility index (Phi) is 3.65. The molecule has 0 fully saturated rings. The molecule has 0 radical (unpaired) electrons. The number of thiophene rings is 1. The average Bonchev–Trinajstić information content (AvgIpc) is 2.64. The van der Waals surface area contributed by atoms with Crippen LogP contribution in [0.25, 0.3) is 10.1 Å². The third-order valence-electron chi connectivity index (χ3n) is 1.71. The molecule has 0 spiro atoms. The van der Waals surface area contributed by atoms with Crippen molar-refractivity contribution in [3.05, 3.63) is 35.2 Å². The second-order valence-electron chi connectivity index (χ2n) is 2.45. The van der Waals surface area contributed by atoms with E-state index in [9.17, 15) is 4.79 Å². The van der Waals surface area contributed by atoms with Gasteiger partial charge >= 0.3 is 5.97 Å². The summed E-state index contributed by atoms with van der Waals surface area (Å²) in [7, 11) is 0. The second-order valence-corrected chi connectivity index (χ2v) is 3.36. The van der Waals surface area contributed by atoms with E-state index in [2.05, 4.69) is 0 Å². The number of aromatic carboxylic acids is 1. The minimum atomic E-state index is -0.854. The van der Waals surface area contributed by atoms with Gasteiger partial charge in [0.05, 0.1) is 5.56 Å². The van der Waals surface area contributed by atoms with E-state index in [-0.39, 0.29) is 0 Å². The molecule has 0 unspecified atom stereocenters. The summed E-state index contributed by atoms with van der Waals surface area (Å²) >= 11 is 1.46. The maximum absolute atomic E-state index is 10.7. The van der Waals surface area contributed by atoms with Crippen LogP contribution >= 0.6 is 11.3 Å². The Morgan fingerprint density at radius 3 is 2.57 bits per heavy atom. The second kappa shape index (κ2) is 4.77. The smallest absolute Gasteiger partial charge is 0.337 e. The number of hydrogen-bond acceptors (Lipinski definition) is 2. The molecule has 0 amide bonds. The summed E-state index contributed by atoms with van der Waals surface area (Å²) in [6, 6.07) is 7.51. The number of carboxylic acid groups (broad SMARTS) is 1. The van der Waals surface area contributed by atoms with E-state index in [1.54, 1.807) is 5.38 Å². The Morgan fingerprint density at radius 2 is 1.93 bits per heavy atom. The number of carboxylic acids is 1. The molecule has 0 atom stereocenters. The van der Waals surface area contributed by atoms with Crippen molar-refractivity contribution in [1.82, 2.24) is 0 Å². The number of fused-ring (bicyclic) bond motifs is 1. The lowest BCUT2D eigenvalue weighted by atomic mass is 10.2. The fraction of sp³-hybridized carbons (Fsp3) is 0.182. The van der Waals surface area contributed by atoms with E-state index >= 15 is 0 Å². The van der Waals surface area contributed by atoms with Crippen LogP contribution in [0.15, 0.2) is 29.6 Å². The maximum Gasteiger partial charge on any atom is 0.337 e. The van der Waals surface area contributed by atoms with E-state index in [0.717, 1.165) is 10.1 Å². The molecule has 1 aromatic heterocycles. The van der Waals surface area contributed by atoms with Crippen LogP contribution in [0.1, 0.15) is 24.2 Å². The molecule has 74 valence electrons. The van der Waals surface area contributed by atoms with Crippen LogP contribution in [0.3, 0.4) is 0 Å². The van der Waals surface area contributed by atoms with Gasteiger partial charge in [-0.05, 0) is 6.07 Å². The third kappa shape index (κ3) is 1.93. The molecule has 2 rings (SSSR count). The number of benzene rings is 1. The Bertz CT molecular complexity index is 432. The van der Waals surface area contributed by atoms with Crippen LogP contribution in [0, 0.1) is 0 Å². The van der Waals surface area contributed by atoms with E-state index < -0.39 is 5.97 Å². The molecule has 0 aliphatic carbocycles. The van der Waals surface area contributed by atoms with Gasteiger partial charge in [-0.2, -0.15) is 0 Å². The van der Waals surface area contributed by atoms with Gasteiger partial charge in [-0.1, -0.05) is 32.0 Å². The van der Waals surface area contributed by atoms with E-state index in [1.165, 1.54) is 11.3 Å². The Morgan fingerprint density at radius 1 is 1.29 bits per heavy atom. The summed E-state index contributed by atoms with van der Waals surface area (Å²) < 4.78 is 1.02. The van der Waals surface area contributed by atoms with Crippen LogP contribution in [0.4, 0.5) is 0 Å². The molecule has 0 bridgehead atoms. The summed E-state index contributed by atoms with van der Waals surface area (Å²) in [6.45, 7) is 4.00. The quantitative estimate of drug-likeness (QED) is 0.777. The van der Waals surface area contributed by atoms with Crippen LogP contribution in [0.5, 0.6) is 0 Å². The van der Waals surface area contributed by atoms with Crippen molar-refractivity contribution < 1.29 is 9.90 Å². The lowest BCUT2D eigenvalue weighted by Gasteiger charge is -1.89. The molecular formula is C11H12O2S. The van der Waals surface area contributed by atoms with Crippen molar-refractivity contribution in [1.29, 1.82) is 0 Å². The molecular weight excluding hydrogens is 196 g/mol. The molecule has 0 aliphatic rings. The van der Waals surface area contributed by atoms with Crippen molar-refractivity contribution in [2.45, 2.75) is 13.8 Å². The molecule has 0 aliphatic heterocycles. The first kappa shape index (κ1) is 10.7. The topological polar surface area (TPSA) is 37.3 Å². The van der Waals surface area contributed by atoms with Crippen molar-refractivity contribution in [3.8, 4) is 0 Å². The highest BCUT2D eigenvalue weighted by molar-refractivity contribution is 7.17. The normalized spacial score (nSPS) is 9.29. The van der Waals surface area contributed by atoms with Crippen molar-refractivity contribution in [2.75, 3.05) is 0 Å². The lowest BCUT2D eigenvalue weighted by Crippen LogP contribution is -1.92. The van der Waals surface area contributed by atoms with Gasteiger partial charge < -0.3 is 5.11 Å². The summed E-state index contributed by atoms with van der Waals surface area (Å²) in [5.41, 5.74) is 0.399. The third-order valence-corrected chi connectivity index (χ3v) is 2.67. The molecule has 0 saturated carbocycles.